The largest absolute Gasteiger partial charge is 0.468 e. The number of likely N-dealkylation sites (tertiary alicyclic amines) is 1. The monoisotopic (exact) mass is 254 g/mol. The summed E-state index contributed by atoms with van der Waals surface area (Å²) in [5, 5.41) is 0. The van der Waals surface area contributed by atoms with Gasteiger partial charge in [-0.3, -0.25) is 4.79 Å². The fourth-order valence-corrected chi connectivity index (χ4v) is 3.40. The average Bonchev–Trinajstić information content (AvgIpc) is 2.63. The molecule has 0 aromatic heterocycles. The molecule has 18 heavy (non-hydrogen) atoms. The lowest BCUT2D eigenvalue weighted by Crippen LogP contribution is -2.48. The predicted molar refractivity (Wildman–Crippen MR) is 71.2 cm³/mol. The smallest absolute Gasteiger partial charge is 0.325 e. The molecule has 2 N–H and O–H groups in total. The van der Waals surface area contributed by atoms with E-state index >= 15 is 0 Å². The third-order valence-electron chi connectivity index (χ3n) is 4.68. The summed E-state index contributed by atoms with van der Waals surface area (Å²) in [7, 11) is 1.43. The van der Waals surface area contributed by atoms with E-state index in [0.29, 0.717) is 6.04 Å². The topological polar surface area (TPSA) is 55.6 Å². The standard InChI is InChI=1S/C14H26N2O2/c1-11-4-3-8-16(9-6-11)12-5-7-14(15,10-12)13(17)18-2/h11-12H,3-10,15H2,1-2H3. The van der Waals surface area contributed by atoms with Crippen LogP contribution in [0.15, 0.2) is 0 Å². The van der Waals surface area contributed by atoms with Crippen LogP contribution in [0.4, 0.5) is 0 Å². The van der Waals surface area contributed by atoms with Gasteiger partial charge in [0.25, 0.3) is 0 Å². The minimum atomic E-state index is -0.739. The Balaban J connectivity index is 1.94. The molecule has 2 fully saturated rings. The molecule has 1 heterocycles. The minimum Gasteiger partial charge on any atom is -0.468 e. The summed E-state index contributed by atoms with van der Waals surface area (Å²) >= 11 is 0. The fourth-order valence-electron chi connectivity index (χ4n) is 3.40. The Morgan fingerprint density at radius 3 is 2.83 bits per heavy atom. The van der Waals surface area contributed by atoms with E-state index in [4.69, 9.17) is 10.5 Å². The van der Waals surface area contributed by atoms with E-state index in [1.165, 1.54) is 26.4 Å². The second-order valence-corrected chi connectivity index (χ2v) is 6.12. The van der Waals surface area contributed by atoms with E-state index in [1.807, 2.05) is 0 Å². The molecule has 0 radical (unpaired) electrons. The number of nitrogens with two attached hydrogens (primary N) is 1. The van der Waals surface area contributed by atoms with Gasteiger partial charge in [-0.05, 0) is 57.5 Å². The third-order valence-corrected chi connectivity index (χ3v) is 4.68. The molecule has 2 rings (SSSR count). The number of ether oxygens (including phenoxy) is 1. The molecular formula is C14H26N2O2. The molecule has 2 aliphatic rings. The predicted octanol–water partition coefficient (Wildman–Crippen LogP) is 1.53. The number of hydrogen-bond acceptors (Lipinski definition) is 4. The maximum atomic E-state index is 11.7. The minimum absolute atomic E-state index is 0.242. The van der Waals surface area contributed by atoms with Crippen LogP contribution in [0.1, 0.15) is 45.4 Å². The lowest BCUT2D eigenvalue weighted by molar-refractivity contribution is -0.147. The molecular weight excluding hydrogens is 228 g/mol. The Morgan fingerprint density at radius 1 is 1.33 bits per heavy atom. The van der Waals surface area contributed by atoms with Crippen molar-refractivity contribution < 1.29 is 9.53 Å². The maximum Gasteiger partial charge on any atom is 0.325 e. The highest BCUT2D eigenvalue weighted by Gasteiger charge is 2.44. The zero-order valence-electron chi connectivity index (χ0n) is 11.7. The molecule has 3 unspecified atom stereocenters. The van der Waals surface area contributed by atoms with Gasteiger partial charge >= 0.3 is 5.97 Å². The highest BCUT2D eigenvalue weighted by atomic mass is 16.5. The van der Waals surface area contributed by atoms with Crippen molar-refractivity contribution in [3.8, 4) is 0 Å². The van der Waals surface area contributed by atoms with E-state index < -0.39 is 5.54 Å². The van der Waals surface area contributed by atoms with Crippen molar-refractivity contribution in [1.29, 1.82) is 0 Å². The highest BCUT2D eigenvalue weighted by Crippen LogP contribution is 2.33. The summed E-state index contributed by atoms with van der Waals surface area (Å²) < 4.78 is 4.83. The molecule has 1 aliphatic carbocycles. The van der Waals surface area contributed by atoms with Gasteiger partial charge in [0.05, 0.1) is 7.11 Å². The summed E-state index contributed by atoms with van der Waals surface area (Å²) in [6.45, 7) is 4.65. The zero-order valence-corrected chi connectivity index (χ0v) is 11.7. The Kier molecular flexibility index (Phi) is 4.28. The number of esters is 1. The maximum absolute atomic E-state index is 11.7. The van der Waals surface area contributed by atoms with E-state index in [0.717, 1.165) is 38.3 Å². The lowest BCUT2D eigenvalue weighted by Gasteiger charge is -2.28. The van der Waals surface area contributed by atoms with Gasteiger partial charge in [0, 0.05) is 6.04 Å². The molecule has 1 saturated heterocycles. The van der Waals surface area contributed by atoms with Crippen molar-refractivity contribution in [1.82, 2.24) is 4.90 Å². The number of hydrogen-bond donors (Lipinski definition) is 1. The number of carbonyl (C=O) groups is 1. The van der Waals surface area contributed by atoms with Crippen molar-refractivity contribution in [2.24, 2.45) is 11.7 Å². The first-order valence-electron chi connectivity index (χ1n) is 7.16. The molecule has 0 spiro atoms. The Hall–Kier alpha value is -0.610. The van der Waals surface area contributed by atoms with Crippen LogP contribution in [0.2, 0.25) is 0 Å². The summed E-state index contributed by atoms with van der Waals surface area (Å²) in [5.41, 5.74) is 5.44. The van der Waals surface area contributed by atoms with Gasteiger partial charge in [-0.25, -0.2) is 0 Å². The fraction of sp³-hybridized carbons (Fsp3) is 0.929. The summed E-state index contributed by atoms with van der Waals surface area (Å²) in [6.07, 6.45) is 6.41. The summed E-state index contributed by atoms with van der Waals surface area (Å²) in [4.78, 5) is 14.3. The number of methoxy groups -OCH3 is 1. The van der Waals surface area contributed by atoms with Gasteiger partial charge in [-0.15, -0.1) is 0 Å². The molecule has 0 aromatic carbocycles. The quantitative estimate of drug-likeness (QED) is 0.759. The third kappa shape index (κ3) is 2.86. The van der Waals surface area contributed by atoms with Crippen molar-refractivity contribution in [3.05, 3.63) is 0 Å². The average molecular weight is 254 g/mol. The molecule has 0 amide bonds. The second kappa shape index (κ2) is 5.57. The van der Waals surface area contributed by atoms with Gasteiger partial charge in [-0.1, -0.05) is 6.92 Å². The van der Waals surface area contributed by atoms with Crippen molar-refractivity contribution >= 4 is 5.97 Å². The van der Waals surface area contributed by atoms with E-state index in [9.17, 15) is 4.79 Å². The molecule has 104 valence electrons. The first-order valence-corrected chi connectivity index (χ1v) is 7.16. The highest BCUT2D eigenvalue weighted by molar-refractivity contribution is 5.81. The Labute approximate surface area is 110 Å². The van der Waals surface area contributed by atoms with Crippen molar-refractivity contribution in [2.45, 2.75) is 57.0 Å². The first kappa shape index (κ1) is 13.8. The number of rotatable bonds is 2. The van der Waals surface area contributed by atoms with Crippen LogP contribution < -0.4 is 5.73 Å². The molecule has 3 atom stereocenters. The van der Waals surface area contributed by atoms with Gasteiger partial charge in [0.2, 0.25) is 0 Å². The Morgan fingerprint density at radius 2 is 2.11 bits per heavy atom. The normalized spacial score (nSPS) is 38.4. The Bertz CT molecular complexity index is 308. The molecule has 0 aromatic rings. The SMILES string of the molecule is COC(=O)C1(N)CCC(N2CCCC(C)CC2)C1. The first-order chi connectivity index (χ1) is 8.55. The van der Waals surface area contributed by atoms with Crippen LogP contribution in [0, 0.1) is 5.92 Å². The second-order valence-electron chi connectivity index (χ2n) is 6.12. The molecule has 4 nitrogen and oxygen atoms in total. The van der Waals surface area contributed by atoms with Gasteiger partial charge < -0.3 is 15.4 Å². The van der Waals surface area contributed by atoms with Gasteiger partial charge in [0.15, 0.2) is 0 Å². The van der Waals surface area contributed by atoms with E-state index in [2.05, 4.69) is 11.8 Å². The lowest BCUT2D eigenvalue weighted by atomic mass is 9.99. The number of carbonyl (C=O) groups excluding carboxylic acids is 1. The molecule has 0 bridgehead atoms. The summed E-state index contributed by atoms with van der Waals surface area (Å²) in [6, 6.07) is 0.472. The van der Waals surface area contributed by atoms with Crippen LogP contribution in [0.5, 0.6) is 0 Å². The number of nitrogens with zero attached hydrogens (tertiary/aromatic N) is 1. The zero-order chi connectivity index (χ0) is 13.2. The van der Waals surface area contributed by atoms with Crippen molar-refractivity contribution in [2.75, 3.05) is 20.2 Å². The van der Waals surface area contributed by atoms with Crippen LogP contribution in [0.25, 0.3) is 0 Å². The molecule has 1 saturated carbocycles. The van der Waals surface area contributed by atoms with Crippen LogP contribution in [-0.2, 0) is 9.53 Å². The van der Waals surface area contributed by atoms with Crippen LogP contribution in [-0.4, -0.2) is 42.6 Å². The molecule has 4 heteroatoms. The molecule has 1 aliphatic heterocycles. The van der Waals surface area contributed by atoms with E-state index in [-0.39, 0.29) is 5.97 Å². The summed E-state index contributed by atoms with van der Waals surface area (Å²) in [5.74, 6) is 0.591. The van der Waals surface area contributed by atoms with Gasteiger partial charge in [-0.2, -0.15) is 0 Å². The van der Waals surface area contributed by atoms with Crippen LogP contribution in [0.3, 0.4) is 0 Å². The van der Waals surface area contributed by atoms with Gasteiger partial charge in [0.1, 0.15) is 5.54 Å². The van der Waals surface area contributed by atoms with Crippen molar-refractivity contribution in [3.63, 3.8) is 0 Å². The van der Waals surface area contributed by atoms with E-state index in [1.54, 1.807) is 0 Å². The van der Waals surface area contributed by atoms with Crippen LogP contribution >= 0.6 is 0 Å².